The molecule has 5 heteroatoms. The van der Waals surface area contributed by atoms with Gasteiger partial charge in [-0.3, -0.25) is 14.9 Å². The van der Waals surface area contributed by atoms with Gasteiger partial charge in [0.1, 0.15) is 11.5 Å². The lowest BCUT2D eigenvalue weighted by molar-refractivity contribution is -0.384. The second-order valence-electron chi connectivity index (χ2n) is 4.31. The Bertz CT molecular complexity index is 459. The van der Waals surface area contributed by atoms with Crippen LogP contribution in [-0.4, -0.2) is 23.8 Å². The van der Waals surface area contributed by atoms with Gasteiger partial charge < -0.3 is 4.90 Å². The number of ketones is 1. The van der Waals surface area contributed by atoms with Crippen LogP contribution in [0, 0.1) is 16.0 Å². The molecule has 0 N–H and O–H groups in total. The lowest BCUT2D eigenvalue weighted by Crippen LogP contribution is -2.39. The summed E-state index contributed by atoms with van der Waals surface area (Å²) in [5.74, 6) is 0.184. The van der Waals surface area contributed by atoms with Crippen molar-refractivity contribution < 1.29 is 9.72 Å². The maximum Gasteiger partial charge on any atom is 0.292 e. The van der Waals surface area contributed by atoms with Crippen LogP contribution in [0.3, 0.4) is 0 Å². The fraction of sp³-hybridized carbons (Fsp3) is 0.417. The lowest BCUT2D eigenvalue weighted by atomic mass is 9.98. The van der Waals surface area contributed by atoms with Crippen LogP contribution in [0.5, 0.6) is 0 Å². The van der Waals surface area contributed by atoms with Crippen molar-refractivity contribution in [3.8, 4) is 0 Å². The van der Waals surface area contributed by atoms with Crippen molar-refractivity contribution in [1.82, 2.24) is 0 Å². The Kier molecular flexibility index (Phi) is 3.08. The number of hydrogen-bond acceptors (Lipinski definition) is 4. The Morgan fingerprint density at radius 3 is 2.76 bits per heavy atom. The zero-order valence-corrected chi connectivity index (χ0v) is 9.63. The van der Waals surface area contributed by atoms with Gasteiger partial charge in [0.05, 0.1) is 4.92 Å². The van der Waals surface area contributed by atoms with Gasteiger partial charge in [-0.15, -0.1) is 0 Å². The molecule has 1 heterocycles. The van der Waals surface area contributed by atoms with Crippen molar-refractivity contribution in [1.29, 1.82) is 0 Å². The molecule has 1 fully saturated rings. The molecule has 0 amide bonds. The Morgan fingerprint density at radius 2 is 2.12 bits per heavy atom. The molecule has 1 atom stereocenters. The molecule has 0 aliphatic carbocycles. The highest BCUT2D eigenvalue weighted by molar-refractivity contribution is 5.83. The second-order valence-corrected chi connectivity index (χ2v) is 4.31. The lowest BCUT2D eigenvalue weighted by Gasteiger charge is -2.31. The van der Waals surface area contributed by atoms with Crippen LogP contribution in [0.4, 0.5) is 11.4 Å². The molecule has 0 spiro atoms. The highest BCUT2D eigenvalue weighted by Gasteiger charge is 2.27. The summed E-state index contributed by atoms with van der Waals surface area (Å²) in [6, 6.07) is 6.67. The summed E-state index contributed by atoms with van der Waals surface area (Å²) >= 11 is 0. The number of anilines is 1. The summed E-state index contributed by atoms with van der Waals surface area (Å²) < 4.78 is 0. The van der Waals surface area contributed by atoms with E-state index in [1.165, 1.54) is 6.07 Å². The molecule has 0 bridgehead atoms. The fourth-order valence-electron chi connectivity index (χ4n) is 2.12. The molecule has 0 radical (unpaired) electrons. The van der Waals surface area contributed by atoms with Gasteiger partial charge in [-0.25, -0.2) is 0 Å². The summed E-state index contributed by atoms with van der Waals surface area (Å²) in [5.41, 5.74) is 0.714. The molecule has 1 saturated heterocycles. The third kappa shape index (κ3) is 2.27. The fourth-order valence-corrected chi connectivity index (χ4v) is 2.12. The van der Waals surface area contributed by atoms with Crippen LogP contribution in [0.15, 0.2) is 24.3 Å². The largest absolute Gasteiger partial charge is 0.365 e. The highest BCUT2D eigenvalue weighted by Crippen LogP contribution is 2.30. The van der Waals surface area contributed by atoms with Crippen LogP contribution in [0.1, 0.15) is 13.3 Å². The molecule has 1 aliphatic heterocycles. The number of hydrogen-bond donors (Lipinski definition) is 0. The molecule has 1 aromatic carbocycles. The number of nitro benzene ring substituents is 1. The number of piperidine rings is 1. The smallest absolute Gasteiger partial charge is 0.292 e. The van der Waals surface area contributed by atoms with E-state index >= 15 is 0 Å². The van der Waals surface area contributed by atoms with Gasteiger partial charge in [0.25, 0.3) is 5.69 Å². The normalized spacial score (nSPS) is 20.4. The van der Waals surface area contributed by atoms with Crippen molar-refractivity contribution in [2.45, 2.75) is 13.3 Å². The monoisotopic (exact) mass is 234 g/mol. The predicted octanol–water partition coefficient (Wildman–Crippen LogP) is 2.01. The van der Waals surface area contributed by atoms with Gasteiger partial charge >= 0.3 is 0 Å². The molecule has 1 aliphatic rings. The number of benzene rings is 1. The Morgan fingerprint density at radius 1 is 1.41 bits per heavy atom. The molecule has 1 unspecified atom stereocenters. The summed E-state index contributed by atoms with van der Waals surface area (Å²) in [6.07, 6.45) is 0.465. The van der Waals surface area contributed by atoms with Gasteiger partial charge in [-0.05, 0) is 6.07 Å². The van der Waals surface area contributed by atoms with Crippen molar-refractivity contribution in [3.63, 3.8) is 0 Å². The minimum atomic E-state index is -0.379. The number of Topliss-reactive ketones (excluding diaryl/α,β-unsaturated/α-hetero) is 1. The minimum Gasteiger partial charge on any atom is -0.365 e. The van der Waals surface area contributed by atoms with Gasteiger partial charge in [-0.1, -0.05) is 19.1 Å². The molecule has 5 nitrogen and oxygen atoms in total. The molecular weight excluding hydrogens is 220 g/mol. The Labute approximate surface area is 99.2 Å². The number of carbonyl (C=O) groups is 1. The number of rotatable bonds is 2. The van der Waals surface area contributed by atoms with Gasteiger partial charge in [-0.2, -0.15) is 0 Å². The van der Waals surface area contributed by atoms with Crippen LogP contribution in [-0.2, 0) is 4.79 Å². The molecule has 1 aromatic rings. The summed E-state index contributed by atoms with van der Waals surface area (Å²) in [6.45, 7) is 2.99. The first-order valence-corrected chi connectivity index (χ1v) is 5.60. The summed E-state index contributed by atoms with van der Waals surface area (Å²) in [4.78, 5) is 23.9. The van der Waals surface area contributed by atoms with Crippen molar-refractivity contribution in [3.05, 3.63) is 34.4 Å². The first kappa shape index (κ1) is 11.6. The van der Waals surface area contributed by atoms with E-state index in [9.17, 15) is 14.9 Å². The minimum absolute atomic E-state index is 0.0523. The van der Waals surface area contributed by atoms with Crippen LogP contribution in [0.2, 0.25) is 0 Å². The standard InChI is InChI=1S/C12H14N2O3/c1-9-8-13(7-6-12(9)15)10-4-2-3-5-11(10)14(16)17/h2-5,9H,6-8H2,1H3. The highest BCUT2D eigenvalue weighted by atomic mass is 16.6. The Balaban J connectivity index is 2.28. The molecule has 2 rings (SSSR count). The van der Waals surface area contributed by atoms with Gasteiger partial charge in [0.2, 0.25) is 0 Å². The first-order chi connectivity index (χ1) is 8.09. The molecular formula is C12H14N2O3. The number of nitrogens with zero attached hydrogens (tertiary/aromatic N) is 2. The first-order valence-electron chi connectivity index (χ1n) is 5.60. The average molecular weight is 234 g/mol. The maximum atomic E-state index is 11.4. The number of carbonyl (C=O) groups excluding carboxylic acids is 1. The molecule has 0 saturated carbocycles. The van der Waals surface area contributed by atoms with E-state index in [-0.39, 0.29) is 22.3 Å². The van der Waals surface area contributed by atoms with Crippen molar-refractivity contribution >= 4 is 17.2 Å². The van der Waals surface area contributed by atoms with Gasteiger partial charge in [0, 0.05) is 31.5 Å². The number of nitro groups is 1. The van der Waals surface area contributed by atoms with Crippen molar-refractivity contribution in [2.24, 2.45) is 5.92 Å². The van der Waals surface area contributed by atoms with Gasteiger partial charge in [0.15, 0.2) is 0 Å². The van der Waals surface area contributed by atoms with Crippen LogP contribution in [0.25, 0.3) is 0 Å². The molecule has 0 aromatic heterocycles. The number of para-hydroxylation sites is 2. The Hall–Kier alpha value is -1.91. The van der Waals surface area contributed by atoms with Crippen LogP contribution < -0.4 is 4.90 Å². The third-order valence-corrected chi connectivity index (χ3v) is 3.09. The van der Waals surface area contributed by atoms with E-state index in [1.807, 2.05) is 11.8 Å². The summed E-state index contributed by atoms with van der Waals surface area (Å²) in [5, 5.41) is 10.9. The SMILES string of the molecule is CC1CN(c2ccccc2[N+](=O)[O-])CCC1=O. The zero-order valence-electron chi connectivity index (χ0n) is 9.63. The third-order valence-electron chi connectivity index (χ3n) is 3.09. The van der Waals surface area contributed by atoms with E-state index in [2.05, 4.69) is 0 Å². The van der Waals surface area contributed by atoms with Crippen LogP contribution >= 0.6 is 0 Å². The summed E-state index contributed by atoms with van der Waals surface area (Å²) in [7, 11) is 0. The molecule has 90 valence electrons. The average Bonchev–Trinajstić information content (AvgIpc) is 2.32. The predicted molar refractivity (Wildman–Crippen MR) is 64.1 cm³/mol. The topological polar surface area (TPSA) is 63.4 Å². The van der Waals surface area contributed by atoms with E-state index < -0.39 is 0 Å². The molecule has 17 heavy (non-hydrogen) atoms. The second kappa shape index (κ2) is 4.53. The van der Waals surface area contributed by atoms with E-state index in [4.69, 9.17) is 0 Å². The van der Waals surface area contributed by atoms with E-state index in [0.717, 1.165) is 0 Å². The maximum absolute atomic E-state index is 11.4. The van der Waals surface area contributed by atoms with E-state index in [0.29, 0.717) is 25.2 Å². The zero-order chi connectivity index (χ0) is 12.4. The van der Waals surface area contributed by atoms with E-state index in [1.54, 1.807) is 18.2 Å². The van der Waals surface area contributed by atoms with Crippen molar-refractivity contribution in [2.75, 3.05) is 18.0 Å². The quantitative estimate of drug-likeness (QED) is 0.580.